The molecule has 0 atom stereocenters. The third kappa shape index (κ3) is 4.66. The van der Waals surface area contributed by atoms with Crippen molar-refractivity contribution in [2.45, 2.75) is 6.18 Å². The van der Waals surface area contributed by atoms with Gasteiger partial charge in [-0.3, -0.25) is 9.97 Å². The molecule has 2 heterocycles. The standard InChI is InChI=1S/C21H15F3N2/c22-21(23,24)20-15-18(2-1-16-7-11-25-12-8-16)4-6-19(20)5-3-17-9-13-26-14-10-17/h1-15H/b2-1+,5-3+. The average Bonchev–Trinajstić information content (AvgIpc) is 2.66. The van der Waals surface area contributed by atoms with Gasteiger partial charge < -0.3 is 0 Å². The van der Waals surface area contributed by atoms with Crippen LogP contribution < -0.4 is 0 Å². The van der Waals surface area contributed by atoms with Crippen LogP contribution in [0.1, 0.15) is 27.8 Å². The van der Waals surface area contributed by atoms with Crippen LogP contribution in [0.15, 0.2) is 67.3 Å². The van der Waals surface area contributed by atoms with E-state index in [2.05, 4.69) is 9.97 Å². The molecule has 0 aliphatic carbocycles. The molecule has 3 rings (SSSR count). The van der Waals surface area contributed by atoms with E-state index >= 15 is 0 Å². The number of rotatable bonds is 4. The maximum absolute atomic E-state index is 13.4. The van der Waals surface area contributed by atoms with Gasteiger partial charge in [-0.05, 0) is 52.6 Å². The molecule has 0 unspecified atom stereocenters. The first-order valence-corrected chi connectivity index (χ1v) is 7.90. The van der Waals surface area contributed by atoms with E-state index in [1.165, 1.54) is 12.1 Å². The molecule has 0 N–H and O–H groups in total. The molecule has 0 aliphatic rings. The Hall–Kier alpha value is -3.21. The highest BCUT2D eigenvalue weighted by molar-refractivity contribution is 5.74. The zero-order chi connectivity index (χ0) is 18.4. The fourth-order valence-corrected chi connectivity index (χ4v) is 2.40. The van der Waals surface area contributed by atoms with Crippen LogP contribution in [0, 0.1) is 0 Å². The van der Waals surface area contributed by atoms with Gasteiger partial charge in [-0.15, -0.1) is 0 Å². The van der Waals surface area contributed by atoms with E-state index in [1.807, 2.05) is 0 Å². The van der Waals surface area contributed by atoms with Crippen molar-refractivity contribution in [1.82, 2.24) is 9.97 Å². The first kappa shape index (κ1) is 17.6. The van der Waals surface area contributed by atoms with E-state index in [4.69, 9.17) is 0 Å². The highest BCUT2D eigenvalue weighted by atomic mass is 19.4. The van der Waals surface area contributed by atoms with Crippen LogP contribution in [-0.2, 0) is 6.18 Å². The van der Waals surface area contributed by atoms with Crippen LogP contribution in [0.25, 0.3) is 24.3 Å². The number of aromatic nitrogens is 2. The van der Waals surface area contributed by atoms with Gasteiger partial charge in [0.25, 0.3) is 0 Å². The van der Waals surface area contributed by atoms with Crippen molar-refractivity contribution < 1.29 is 13.2 Å². The average molecular weight is 352 g/mol. The Balaban J connectivity index is 1.91. The predicted molar refractivity (Wildman–Crippen MR) is 97.8 cm³/mol. The number of hydrogen-bond acceptors (Lipinski definition) is 2. The molecule has 3 aromatic rings. The minimum atomic E-state index is -4.43. The smallest absolute Gasteiger partial charge is 0.265 e. The quantitative estimate of drug-likeness (QED) is 0.590. The Bertz CT molecular complexity index is 915. The summed E-state index contributed by atoms with van der Waals surface area (Å²) >= 11 is 0. The number of pyridine rings is 2. The summed E-state index contributed by atoms with van der Waals surface area (Å²) in [6, 6.07) is 11.3. The summed E-state index contributed by atoms with van der Waals surface area (Å²) < 4.78 is 40.3. The fourth-order valence-electron chi connectivity index (χ4n) is 2.40. The van der Waals surface area contributed by atoms with Gasteiger partial charge in [-0.25, -0.2) is 0 Å². The van der Waals surface area contributed by atoms with Crippen molar-refractivity contribution in [2.24, 2.45) is 0 Å². The van der Waals surface area contributed by atoms with Crippen LogP contribution in [-0.4, -0.2) is 9.97 Å². The van der Waals surface area contributed by atoms with Crippen molar-refractivity contribution in [1.29, 1.82) is 0 Å². The minimum Gasteiger partial charge on any atom is -0.265 e. The summed E-state index contributed by atoms with van der Waals surface area (Å²) in [5.41, 5.74) is 1.59. The van der Waals surface area contributed by atoms with Gasteiger partial charge in [0.1, 0.15) is 0 Å². The second-order valence-corrected chi connectivity index (χ2v) is 5.57. The Labute approximate surface area is 149 Å². The third-order valence-electron chi connectivity index (χ3n) is 3.72. The van der Waals surface area contributed by atoms with Crippen LogP contribution in [0.5, 0.6) is 0 Å². The number of benzene rings is 1. The lowest BCUT2D eigenvalue weighted by Crippen LogP contribution is -2.07. The number of nitrogens with zero attached hydrogens (tertiary/aromatic N) is 2. The molecule has 5 heteroatoms. The van der Waals surface area contributed by atoms with Crippen molar-refractivity contribution in [3.8, 4) is 0 Å². The van der Waals surface area contributed by atoms with Gasteiger partial charge in [0, 0.05) is 24.8 Å². The highest BCUT2D eigenvalue weighted by Crippen LogP contribution is 2.34. The molecule has 0 aliphatic heterocycles. The van der Waals surface area contributed by atoms with Gasteiger partial charge >= 0.3 is 6.18 Å². The topological polar surface area (TPSA) is 25.8 Å². The van der Waals surface area contributed by atoms with E-state index in [1.54, 1.807) is 73.3 Å². The summed E-state index contributed by atoms with van der Waals surface area (Å²) in [7, 11) is 0. The summed E-state index contributed by atoms with van der Waals surface area (Å²) in [5.74, 6) is 0. The molecule has 0 radical (unpaired) electrons. The Morgan fingerprint density at radius 3 is 1.65 bits per heavy atom. The molecule has 1 aromatic carbocycles. The molecule has 2 nitrogen and oxygen atoms in total. The SMILES string of the molecule is FC(F)(F)c1cc(/C=C/c2ccncc2)ccc1/C=C/c1ccncc1. The molecular formula is C21H15F3N2. The summed E-state index contributed by atoms with van der Waals surface area (Å²) in [6.45, 7) is 0. The van der Waals surface area contributed by atoms with Crippen molar-refractivity contribution >= 4 is 24.3 Å². The molecule has 0 saturated heterocycles. The summed E-state index contributed by atoms with van der Waals surface area (Å²) in [5, 5.41) is 0. The lowest BCUT2D eigenvalue weighted by Gasteiger charge is -2.11. The van der Waals surface area contributed by atoms with Crippen LogP contribution >= 0.6 is 0 Å². The molecule has 0 fully saturated rings. The molecule has 0 bridgehead atoms. The van der Waals surface area contributed by atoms with Gasteiger partial charge in [0.05, 0.1) is 5.56 Å². The van der Waals surface area contributed by atoms with E-state index in [0.717, 1.165) is 17.2 Å². The van der Waals surface area contributed by atoms with Crippen LogP contribution in [0.4, 0.5) is 13.2 Å². The normalized spacial score (nSPS) is 12.1. The summed E-state index contributed by atoms with van der Waals surface area (Å²) in [4.78, 5) is 7.80. The molecule has 0 amide bonds. The molecule has 26 heavy (non-hydrogen) atoms. The van der Waals surface area contributed by atoms with E-state index in [0.29, 0.717) is 5.56 Å². The Morgan fingerprint density at radius 1 is 0.615 bits per heavy atom. The minimum absolute atomic E-state index is 0.121. The summed E-state index contributed by atoms with van der Waals surface area (Å²) in [6.07, 6.45) is 8.53. The third-order valence-corrected chi connectivity index (χ3v) is 3.72. The first-order chi connectivity index (χ1) is 12.5. The second kappa shape index (κ2) is 7.78. The maximum atomic E-state index is 13.4. The predicted octanol–water partition coefficient (Wildman–Crippen LogP) is 5.84. The Kier molecular flexibility index (Phi) is 5.27. The zero-order valence-corrected chi connectivity index (χ0v) is 13.7. The molecule has 2 aromatic heterocycles. The Morgan fingerprint density at radius 2 is 1.12 bits per heavy atom. The van der Waals surface area contributed by atoms with Gasteiger partial charge in [0.2, 0.25) is 0 Å². The number of hydrogen-bond donors (Lipinski definition) is 0. The fraction of sp³-hybridized carbons (Fsp3) is 0.0476. The van der Waals surface area contributed by atoms with Crippen molar-refractivity contribution in [3.05, 3.63) is 95.1 Å². The van der Waals surface area contributed by atoms with Gasteiger partial charge in [0.15, 0.2) is 0 Å². The molecular weight excluding hydrogens is 337 g/mol. The zero-order valence-electron chi connectivity index (χ0n) is 13.7. The largest absolute Gasteiger partial charge is 0.417 e. The number of halogens is 3. The highest BCUT2D eigenvalue weighted by Gasteiger charge is 2.32. The number of alkyl halides is 3. The van der Waals surface area contributed by atoms with Crippen LogP contribution in [0.2, 0.25) is 0 Å². The first-order valence-electron chi connectivity index (χ1n) is 7.90. The lowest BCUT2D eigenvalue weighted by atomic mass is 10.0. The monoisotopic (exact) mass is 352 g/mol. The second-order valence-electron chi connectivity index (χ2n) is 5.57. The molecule has 0 saturated carbocycles. The van der Waals surface area contributed by atoms with Crippen molar-refractivity contribution in [3.63, 3.8) is 0 Å². The van der Waals surface area contributed by atoms with Gasteiger partial charge in [-0.1, -0.05) is 36.4 Å². The van der Waals surface area contributed by atoms with Gasteiger partial charge in [-0.2, -0.15) is 13.2 Å². The molecule has 130 valence electrons. The lowest BCUT2D eigenvalue weighted by molar-refractivity contribution is -0.137. The van der Waals surface area contributed by atoms with Crippen molar-refractivity contribution in [2.75, 3.05) is 0 Å². The van der Waals surface area contributed by atoms with E-state index in [9.17, 15) is 13.2 Å². The van der Waals surface area contributed by atoms with E-state index in [-0.39, 0.29) is 5.56 Å². The maximum Gasteiger partial charge on any atom is 0.417 e. The molecule has 0 spiro atoms. The van der Waals surface area contributed by atoms with E-state index < -0.39 is 11.7 Å². The van der Waals surface area contributed by atoms with Crippen LogP contribution in [0.3, 0.4) is 0 Å².